The molecule has 0 spiro atoms. The van der Waals surface area contributed by atoms with E-state index >= 15 is 0 Å². The third-order valence-electron chi connectivity index (χ3n) is 6.11. The Hall–Kier alpha value is -4.38. The Morgan fingerprint density at radius 2 is 1.38 bits per heavy atom. The Bertz CT molecular complexity index is 1210. The van der Waals surface area contributed by atoms with Crippen LogP contribution in [0.2, 0.25) is 0 Å². The van der Waals surface area contributed by atoms with Crippen LogP contribution in [0.5, 0.6) is 5.75 Å². The molecule has 2 aromatic rings. The van der Waals surface area contributed by atoms with Gasteiger partial charge in [0.25, 0.3) is 5.72 Å². The van der Waals surface area contributed by atoms with Crippen molar-refractivity contribution in [1.29, 1.82) is 0 Å². The second-order valence-electron chi connectivity index (χ2n) is 7.89. The molecular weight excluding hydrogens is 486 g/mol. The SMILES string of the molecule is COC(=O)C1=C(C(=O)OC)N(c2ccc(OC)cc2)[C@@](O)(C(=O)OC)[C@H](C(=O)OC)C1c1ccccc1. The lowest BCUT2D eigenvalue weighted by atomic mass is 9.70. The van der Waals surface area contributed by atoms with Gasteiger partial charge in [-0.3, -0.25) is 9.69 Å². The van der Waals surface area contributed by atoms with Gasteiger partial charge in [0, 0.05) is 11.6 Å². The highest BCUT2D eigenvalue weighted by Crippen LogP contribution is 2.50. The Morgan fingerprint density at radius 1 is 0.784 bits per heavy atom. The molecule has 0 bridgehead atoms. The summed E-state index contributed by atoms with van der Waals surface area (Å²) in [6, 6.07) is 13.9. The summed E-state index contributed by atoms with van der Waals surface area (Å²) < 4.78 is 25.1. The number of esters is 4. The van der Waals surface area contributed by atoms with Gasteiger partial charge in [0.05, 0.1) is 41.1 Å². The fourth-order valence-electron chi connectivity index (χ4n) is 4.48. The smallest absolute Gasteiger partial charge is 0.360 e. The van der Waals surface area contributed by atoms with Gasteiger partial charge in [0.2, 0.25) is 0 Å². The van der Waals surface area contributed by atoms with Crippen molar-refractivity contribution in [2.24, 2.45) is 5.92 Å². The highest BCUT2D eigenvalue weighted by atomic mass is 16.6. The van der Waals surface area contributed by atoms with Crippen LogP contribution in [0.25, 0.3) is 0 Å². The van der Waals surface area contributed by atoms with Crippen LogP contribution in [0.1, 0.15) is 11.5 Å². The van der Waals surface area contributed by atoms with Crippen LogP contribution < -0.4 is 9.64 Å². The highest BCUT2D eigenvalue weighted by molar-refractivity contribution is 6.09. The molecule has 1 aliphatic heterocycles. The highest BCUT2D eigenvalue weighted by Gasteiger charge is 2.65. The van der Waals surface area contributed by atoms with Gasteiger partial charge in [-0.25, -0.2) is 14.4 Å². The molecule has 2 aromatic carbocycles. The number of nitrogens with zero attached hydrogens (tertiary/aromatic N) is 1. The lowest BCUT2D eigenvalue weighted by Crippen LogP contribution is -2.67. The summed E-state index contributed by atoms with van der Waals surface area (Å²) in [5.41, 5.74) is -3.38. The second-order valence-corrected chi connectivity index (χ2v) is 7.89. The number of benzene rings is 2. The molecule has 0 fully saturated rings. The van der Waals surface area contributed by atoms with Crippen molar-refractivity contribution in [3.63, 3.8) is 0 Å². The first-order valence-corrected chi connectivity index (χ1v) is 11.0. The fraction of sp³-hybridized carbons (Fsp3) is 0.308. The molecule has 0 amide bonds. The van der Waals surface area contributed by atoms with Crippen molar-refractivity contribution < 1.29 is 48.0 Å². The first-order valence-electron chi connectivity index (χ1n) is 11.0. The number of hydrogen-bond acceptors (Lipinski definition) is 11. The van der Waals surface area contributed by atoms with Gasteiger partial charge >= 0.3 is 23.9 Å². The number of ether oxygens (including phenoxy) is 5. The molecule has 0 saturated carbocycles. The van der Waals surface area contributed by atoms with Crippen molar-refractivity contribution in [1.82, 2.24) is 0 Å². The molecule has 3 atom stereocenters. The molecule has 1 N–H and O–H groups in total. The lowest BCUT2D eigenvalue weighted by molar-refractivity contribution is -0.181. The van der Waals surface area contributed by atoms with Gasteiger partial charge in [0.1, 0.15) is 17.4 Å². The quantitative estimate of drug-likeness (QED) is 0.426. The number of anilines is 1. The first-order chi connectivity index (χ1) is 17.7. The Morgan fingerprint density at radius 3 is 1.86 bits per heavy atom. The third-order valence-corrected chi connectivity index (χ3v) is 6.11. The van der Waals surface area contributed by atoms with Gasteiger partial charge in [-0.2, -0.15) is 0 Å². The molecule has 1 aliphatic rings. The van der Waals surface area contributed by atoms with Crippen LogP contribution in [0.15, 0.2) is 65.9 Å². The van der Waals surface area contributed by atoms with Crippen LogP contribution in [-0.2, 0) is 38.1 Å². The van der Waals surface area contributed by atoms with E-state index in [9.17, 15) is 24.3 Å². The topological polar surface area (TPSA) is 138 Å². The Balaban J connectivity index is 2.57. The minimum atomic E-state index is -2.88. The maximum absolute atomic E-state index is 13.4. The summed E-state index contributed by atoms with van der Waals surface area (Å²) >= 11 is 0. The standard InChI is InChI=1S/C26H27NO10/c1-33-17-13-11-16(12-14-17)27-21(24(30)36-4)19(22(28)34-2)18(15-9-7-6-8-10-15)20(23(29)35-3)26(27,32)25(31)37-5/h6-14,18,20,32H,1-5H3/t18?,20-,26-/m0/s1. The minimum absolute atomic E-state index is 0.0379. The number of rotatable bonds is 7. The van der Waals surface area contributed by atoms with Crippen molar-refractivity contribution >= 4 is 29.6 Å². The van der Waals surface area contributed by atoms with Gasteiger partial charge < -0.3 is 28.8 Å². The van der Waals surface area contributed by atoms with Gasteiger partial charge in [0.15, 0.2) is 0 Å². The Kier molecular flexibility index (Phi) is 8.18. The average Bonchev–Trinajstić information content (AvgIpc) is 2.95. The molecule has 0 aromatic heterocycles. The van der Waals surface area contributed by atoms with Crippen molar-refractivity contribution in [2.45, 2.75) is 11.6 Å². The predicted octanol–water partition coefficient (Wildman–Crippen LogP) is 1.55. The Labute approximate surface area is 213 Å². The van der Waals surface area contributed by atoms with Crippen LogP contribution in [0, 0.1) is 5.92 Å². The average molecular weight is 513 g/mol. The van der Waals surface area contributed by atoms with E-state index in [4.69, 9.17) is 23.7 Å². The third kappa shape index (κ3) is 4.60. The van der Waals surface area contributed by atoms with Crippen LogP contribution in [0.4, 0.5) is 5.69 Å². The van der Waals surface area contributed by atoms with Crippen molar-refractivity contribution in [2.75, 3.05) is 40.4 Å². The van der Waals surface area contributed by atoms with Gasteiger partial charge in [-0.1, -0.05) is 30.3 Å². The summed E-state index contributed by atoms with van der Waals surface area (Å²) in [6.45, 7) is 0. The molecule has 196 valence electrons. The van der Waals surface area contributed by atoms with E-state index in [1.165, 1.54) is 31.4 Å². The summed E-state index contributed by atoms with van der Waals surface area (Å²) in [4.78, 5) is 54.1. The van der Waals surface area contributed by atoms with Gasteiger partial charge in [-0.15, -0.1) is 0 Å². The molecular formula is C26H27NO10. The number of carbonyl (C=O) groups excluding carboxylic acids is 4. The van der Waals surface area contributed by atoms with E-state index in [1.807, 2.05) is 0 Å². The minimum Gasteiger partial charge on any atom is -0.497 e. The van der Waals surface area contributed by atoms with E-state index in [1.54, 1.807) is 30.3 Å². The van der Waals surface area contributed by atoms with Crippen molar-refractivity contribution in [3.8, 4) is 5.75 Å². The molecule has 37 heavy (non-hydrogen) atoms. The van der Waals surface area contributed by atoms with Gasteiger partial charge in [-0.05, 0) is 29.8 Å². The number of carbonyl (C=O) groups is 4. The summed E-state index contributed by atoms with van der Waals surface area (Å²) in [7, 11) is 5.68. The zero-order valence-corrected chi connectivity index (χ0v) is 20.9. The monoisotopic (exact) mass is 513 g/mol. The number of methoxy groups -OCH3 is 5. The summed E-state index contributed by atoms with van der Waals surface area (Å²) in [5, 5.41) is 12.2. The largest absolute Gasteiger partial charge is 0.497 e. The molecule has 11 heteroatoms. The molecule has 3 rings (SSSR count). The number of aliphatic hydroxyl groups is 1. The van der Waals surface area contributed by atoms with Crippen LogP contribution in [-0.4, -0.2) is 70.3 Å². The van der Waals surface area contributed by atoms with Crippen LogP contribution in [0.3, 0.4) is 0 Å². The van der Waals surface area contributed by atoms with E-state index in [2.05, 4.69) is 0 Å². The molecule has 11 nitrogen and oxygen atoms in total. The lowest BCUT2D eigenvalue weighted by Gasteiger charge is -2.49. The predicted molar refractivity (Wildman–Crippen MR) is 128 cm³/mol. The van der Waals surface area contributed by atoms with E-state index in [0.717, 1.165) is 33.3 Å². The fourth-order valence-corrected chi connectivity index (χ4v) is 4.48. The molecule has 1 unspecified atom stereocenters. The molecule has 0 radical (unpaired) electrons. The first kappa shape index (κ1) is 27.2. The maximum Gasteiger partial charge on any atom is 0.360 e. The number of hydrogen-bond donors (Lipinski definition) is 1. The van der Waals surface area contributed by atoms with Crippen LogP contribution >= 0.6 is 0 Å². The second kappa shape index (κ2) is 11.1. The molecule has 0 aliphatic carbocycles. The summed E-state index contributed by atoms with van der Waals surface area (Å²) in [5.74, 6) is -7.16. The van der Waals surface area contributed by atoms with E-state index in [-0.39, 0.29) is 11.3 Å². The van der Waals surface area contributed by atoms with Crippen molar-refractivity contribution in [3.05, 3.63) is 71.4 Å². The zero-order valence-electron chi connectivity index (χ0n) is 20.9. The molecule has 1 heterocycles. The van der Waals surface area contributed by atoms with E-state index in [0.29, 0.717) is 11.3 Å². The normalized spacial score (nSPS) is 21.1. The van der Waals surface area contributed by atoms with E-state index < -0.39 is 47.1 Å². The summed E-state index contributed by atoms with van der Waals surface area (Å²) in [6.07, 6.45) is 0. The maximum atomic E-state index is 13.4. The molecule has 0 saturated heterocycles. The zero-order chi connectivity index (χ0) is 27.3.